The highest BCUT2D eigenvalue weighted by Gasteiger charge is 2.29. The largest absolute Gasteiger partial charge is 0.311 e. The molecular weight excluding hydrogens is 314 g/mol. The van der Waals surface area contributed by atoms with Gasteiger partial charge >= 0.3 is 0 Å². The van der Waals surface area contributed by atoms with Crippen molar-refractivity contribution < 1.29 is 4.79 Å². The number of nitrogens with zero attached hydrogens (tertiary/aromatic N) is 4. The van der Waals surface area contributed by atoms with E-state index < -0.39 is 0 Å². The summed E-state index contributed by atoms with van der Waals surface area (Å²) in [5.74, 6) is 0.0953. The number of anilines is 1. The molecule has 0 saturated carbocycles. The third kappa shape index (κ3) is 3.72. The second-order valence-corrected chi connectivity index (χ2v) is 6.35. The van der Waals surface area contributed by atoms with Gasteiger partial charge in [0, 0.05) is 37.6 Å². The number of hydrogen-bond donors (Lipinski definition) is 1. The number of hydrogen-bond acceptors (Lipinski definition) is 4. The van der Waals surface area contributed by atoms with Gasteiger partial charge in [-0.25, -0.2) is 0 Å². The third-order valence-corrected chi connectivity index (χ3v) is 4.61. The van der Waals surface area contributed by atoms with Crippen LogP contribution in [0.5, 0.6) is 0 Å². The molecule has 0 spiro atoms. The smallest absolute Gasteiger partial charge is 0.244 e. The Bertz CT molecular complexity index is 787. The van der Waals surface area contributed by atoms with E-state index >= 15 is 0 Å². The molecule has 1 saturated heterocycles. The van der Waals surface area contributed by atoms with E-state index in [4.69, 9.17) is 5.26 Å². The van der Waals surface area contributed by atoms with Crippen LogP contribution in [0.1, 0.15) is 36.6 Å². The van der Waals surface area contributed by atoms with Gasteiger partial charge in [-0.2, -0.15) is 10.4 Å². The van der Waals surface area contributed by atoms with Gasteiger partial charge in [-0.3, -0.25) is 9.48 Å². The van der Waals surface area contributed by atoms with Crippen molar-refractivity contribution in [1.82, 2.24) is 15.1 Å². The average Bonchev–Trinajstić information content (AvgIpc) is 3.01. The maximum atomic E-state index is 12.8. The second-order valence-electron chi connectivity index (χ2n) is 6.35. The number of carbonyl (C=O) groups excluding carboxylic acids is 1. The molecule has 130 valence electrons. The van der Waals surface area contributed by atoms with Crippen molar-refractivity contribution in [3.05, 3.63) is 47.3 Å². The van der Waals surface area contributed by atoms with Gasteiger partial charge in [-0.05, 0) is 43.5 Å². The van der Waals surface area contributed by atoms with Gasteiger partial charge in [0.1, 0.15) is 0 Å². The summed E-state index contributed by atoms with van der Waals surface area (Å²) in [5.41, 5.74) is 3.67. The summed E-state index contributed by atoms with van der Waals surface area (Å²) in [7, 11) is 1.92. The molecule has 0 radical (unpaired) electrons. The zero-order valence-electron chi connectivity index (χ0n) is 14.7. The molecule has 25 heavy (non-hydrogen) atoms. The Hall–Kier alpha value is -2.65. The van der Waals surface area contributed by atoms with Crippen molar-refractivity contribution in [2.75, 3.05) is 11.4 Å². The predicted octanol–water partition coefficient (Wildman–Crippen LogP) is 2.14. The number of carbonyl (C=O) groups is 1. The summed E-state index contributed by atoms with van der Waals surface area (Å²) in [5, 5.41) is 16.8. The zero-order valence-corrected chi connectivity index (χ0v) is 14.7. The SMILES string of the molecule is CCc1nn(C)cc1CN[C@@H]1CCCN(c2ccc(C#N)cc2)C1=O. The highest BCUT2D eigenvalue weighted by Crippen LogP contribution is 2.22. The Morgan fingerprint density at radius 2 is 2.12 bits per heavy atom. The van der Waals surface area contributed by atoms with Gasteiger partial charge < -0.3 is 10.2 Å². The Morgan fingerprint density at radius 3 is 2.80 bits per heavy atom. The van der Waals surface area contributed by atoms with Gasteiger partial charge in [0.25, 0.3) is 0 Å². The Labute approximate surface area is 148 Å². The van der Waals surface area contributed by atoms with Gasteiger partial charge in [-0.1, -0.05) is 6.92 Å². The van der Waals surface area contributed by atoms with E-state index in [1.54, 1.807) is 12.1 Å². The van der Waals surface area contributed by atoms with Crippen molar-refractivity contribution >= 4 is 11.6 Å². The standard InChI is InChI=1S/C19H23N5O/c1-3-17-15(13-23(2)22-17)12-21-18-5-4-10-24(19(18)25)16-8-6-14(11-20)7-9-16/h6-9,13,18,21H,3-5,10,12H2,1-2H3/t18-/m1/s1. The maximum absolute atomic E-state index is 12.8. The molecule has 2 aromatic rings. The van der Waals surface area contributed by atoms with Gasteiger partial charge in [-0.15, -0.1) is 0 Å². The minimum Gasteiger partial charge on any atom is -0.311 e. The van der Waals surface area contributed by atoms with Crippen LogP contribution >= 0.6 is 0 Å². The lowest BCUT2D eigenvalue weighted by Crippen LogP contribution is -2.50. The van der Waals surface area contributed by atoms with Crippen molar-refractivity contribution in [2.45, 2.75) is 38.8 Å². The Balaban J connectivity index is 1.68. The number of rotatable bonds is 5. The fourth-order valence-corrected chi connectivity index (χ4v) is 3.30. The van der Waals surface area contributed by atoms with Gasteiger partial charge in [0.05, 0.1) is 23.4 Å². The third-order valence-electron chi connectivity index (χ3n) is 4.61. The maximum Gasteiger partial charge on any atom is 0.244 e. The van der Waals surface area contributed by atoms with Crippen LogP contribution < -0.4 is 10.2 Å². The van der Waals surface area contributed by atoms with E-state index in [0.717, 1.165) is 42.8 Å². The fraction of sp³-hybridized carbons (Fsp3) is 0.421. The van der Waals surface area contributed by atoms with Gasteiger partial charge in [0.15, 0.2) is 0 Å². The van der Waals surface area contributed by atoms with Crippen LogP contribution in [0.4, 0.5) is 5.69 Å². The fourth-order valence-electron chi connectivity index (χ4n) is 3.30. The van der Waals surface area contributed by atoms with E-state index in [-0.39, 0.29) is 11.9 Å². The molecule has 1 fully saturated rings. The number of amides is 1. The topological polar surface area (TPSA) is 74.0 Å². The number of piperidine rings is 1. The first-order chi connectivity index (χ1) is 12.1. The molecule has 0 unspecified atom stereocenters. The summed E-state index contributed by atoms with van der Waals surface area (Å²) in [6, 6.07) is 9.11. The van der Waals surface area contributed by atoms with Crippen molar-refractivity contribution in [2.24, 2.45) is 7.05 Å². The van der Waals surface area contributed by atoms with E-state index in [1.165, 1.54) is 0 Å². The molecule has 3 rings (SSSR count). The average molecular weight is 337 g/mol. The van der Waals surface area contributed by atoms with Crippen LogP contribution in [0.25, 0.3) is 0 Å². The van der Waals surface area contributed by atoms with Crippen LogP contribution in [0, 0.1) is 11.3 Å². The number of benzene rings is 1. The molecule has 1 atom stereocenters. The van der Waals surface area contributed by atoms with E-state index in [9.17, 15) is 4.79 Å². The Morgan fingerprint density at radius 1 is 1.36 bits per heavy atom. The van der Waals surface area contributed by atoms with Crippen LogP contribution in [0.2, 0.25) is 0 Å². The second kappa shape index (κ2) is 7.49. The molecule has 6 heteroatoms. The molecule has 1 aliphatic heterocycles. The minimum atomic E-state index is -0.186. The quantitative estimate of drug-likeness (QED) is 0.907. The molecule has 0 aliphatic carbocycles. The van der Waals surface area contributed by atoms with E-state index in [2.05, 4.69) is 23.4 Å². The van der Waals surface area contributed by atoms with Gasteiger partial charge in [0.2, 0.25) is 5.91 Å². The highest BCUT2D eigenvalue weighted by molar-refractivity contribution is 5.97. The molecular formula is C19H23N5O. The lowest BCUT2D eigenvalue weighted by Gasteiger charge is -2.32. The van der Waals surface area contributed by atoms with Crippen molar-refractivity contribution in [3.8, 4) is 6.07 Å². The number of aryl methyl sites for hydroxylation is 2. The van der Waals surface area contributed by atoms with E-state index in [1.807, 2.05) is 35.0 Å². The summed E-state index contributed by atoms with van der Waals surface area (Å²) < 4.78 is 1.82. The first-order valence-electron chi connectivity index (χ1n) is 8.68. The minimum absolute atomic E-state index is 0.0953. The first-order valence-corrected chi connectivity index (χ1v) is 8.68. The molecule has 6 nitrogen and oxygen atoms in total. The lowest BCUT2D eigenvalue weighted by atomic mass is 10.0. The van der Waals surface area contributed by atoms with Crippen molar-refractivity contribution in [1.29, 1.82) is 5.26 Å². The zero-order chi connectivity index (χ0) is 17.8. The van der Waals surface area contributed by atoms with E-state index in [0.29, 0.717) is 12.1 Å². The molecule has 1 aromatic carbocycles. The monoisotopic (exact) mass is 337 g/mol. The Kier molecular flexibility index (Phi) is 5.15. The molecule has 1 aliphatic rings. The molecule has 1 N–H and O–H groups in total. The predicted molar refractivity (Wildman–Crippen MR) is 96.0 cm³/mol. The number of nitriles is 1. The molecule has 2 heterocycles. The lowest BCUT2D eigenvalue weighted by molar-refractivity contribution is -0.121. The summed E-state index contributed by atoms with van der Waals surface area (Å²) in [6.45, 7) is 3.45. The van der Waals surface area contributed by atoms with Crippen LogP contribution in [0.3, 0.4) is 0 Å². The molecule has 1 aromatic heterocycles. The van der Waals surface area contributed by atoms with Crippen molar-refractivity contribution in [3.63, 3.8) is 0 Å². The first kappa shape index (κ1) is 17.2. The number of nitrogens with one attached hydrogen (secondary N) is 1. The summed E-state index contributed by atoms with van der Waals surface area (Å²) in [6.07, 6.45) is 4.69. The highest BCUT2D eigenvalue weighted by atomic mass is 16.2. The van der Waals surface area contributed by atoms with Crippen LogP contribution in [-0.2, 0) is 24.8 Å². The summed E-state index contributed by atoms with van der Waals surface area (Å²) in [4.78, 5) is 14.7. The summed E-state index contributed by atoms with van der Waals surface area (Å²) >= 11 is 0. The molecule has 0 bridgehead atoms. The van der Waals surface area contributed by atoms with Crippen LogP contribution in [0.15, 0.2) is 30.5 Å². The number of aromatic nitrogens is 2. The normalized spacial score (nSPS) is 17.6. The molecule has 1 amide bonds. The van der Waals surface area contributed by atoms with Crippen LogP contribution in [-0.4, -0.2) is 28.3 Å².